The molecule has 3 atom stereocenters. The Hall–Kier alpha value is -0.860. The summed E-state index contributed by atoms with van der Waals surface area (Å²) in [5.41, 5.74) is 3.00. The van der Waals surface area contributed by atoms with Crippen LogP contribution >= 0.6 is 0 Å². The van der Waals surface area contributed by atoms with E-state index in [0.29, 0.717) is 6.04 Å². The molecule has 1 aliphatic carbocycles. The molecule has 20 heavy (non-hydrogen) atoms. The van der Waals surface area contributed by atoms with Crippen LogP contribution in [0.4, 0.5) is 0 Å². The summed E-state index contributed by atoms with van der Waals surface area (Å²) < 4.78 is 0. The quantitative estimate of drug-likeness (QED) is 0.875. The van der Waals surface area contributed by atoms with Crippen LogP contribution in [0.3, 0.4) is 0 Å². The lowest BCUT2D eigenvalue weighted by Gasteiger charge is -2.35. The minimum absolute atomic E-state index is 0.540. The average molecular weight is 272 g/mol. The summed E-state index contributed by atoms with van der Waals surface area (Å²) in [7, 11) is 0. The van der Waals surface area contributed by atoms with Crippen LogP contribution in [0.2, 0.25) is 0 Å². The van der Waals surface area contributed by atoms with Gasteiger partial charge in [0.2, 0.25) is 0 Å². The van der Waals surface area contributed by atoms with Crippen molar-refractivity contribution in [3.8, 4) is 0 Å². The normalized spacial score (nSPS) is 30.6. The lowest BCUT2D eigenvalue weighted by molar-refractivity contribution is 0.233. The first-order chi connectivity index (χ1) is 9.88. The summed E-state index contributed by atoms with van der Waals surface area (Å²) in [5.74, 6) is 0.882. The Labute approximate surface area is 123 Å². The molecular formula is C18H28N2. The molecule has 0 amide bonds. The number of hydrogen-bond donors (Lipinski definition) is 2. The largest absolute Gasteiger partial charge is 0.313 e. The lowest BCUT2D eigenvalue weighted by Crippen LogP contribution is -2.40. The van der Waals surface area contributed by atoms with Crippen molar-refractivity contribution in [3.63, 3.8) is 0 Å². The summed E-state index contributed by atoms with van der Waals surface area (Å²) in [6, 6.07) is 10.2. The number of fused-ring (bicyclic) bond motifs is 1. The number of benzene rings is 1. The highest BCUT2D eigenvalue weighted by atomic mass is 15.0. The molecule has 110 valence electrons. The van der Waals surface area contributed by atoms with Crippen LogP contribution < -0.4 is 10.6 Å². The van der Waals surface area contributed by atoms with Gasteiger partial charge in [-0.1, -0.05) is 50.5 Å². The van der Waals surface area contributed by atoms with Gasteiger partial charge in [-0.25, -0.2) is 0 Å². The van der Waals surface area contributed by atoms with Crippen molar-refractivity contribution in [2.45, 2.75) is 64.1 Å². The van der Waals surface area contributed by atoms with E-state index in [1.165, 1.54) is 49.7 Å². The van der Waals surface area contributed by atoms with Crippen molar-refractivity contribution < 1.29 is 0 Å². The van der Waals surface area contributed by atoms with Crippen LogP contribution in [0, 0.1) is 5.92 Å². The van der Waals surface area contributed by atoms with Crippen molar-refractivity contribution in [2.75, 3.05) is 6.54 Å². The highest BCUT2D eigenvalue weighted by Crippen LogP contribution is 2.31. The molecule has 0 aromatic heterocycles. The molecule has 0 spiro atoms. The van der Waals surface area contributed by atoms with Crippen LogP contribution in [-0.4, -0.2) is 12.6 Å². The molecule has 1 aliphatic heterocycles. The van der Waals surface area contributed by atoms with Gasteiger partial charge in [-0.15, -0.1) is 0 Å². The number of rotatable bonds is 3. The van der Waals surface area contributed by atoms with E-state index in [0.717, 1.165) is 25.0 Å². The van der Waals surface area contributed by atoms with Gasteiger partial charge in [0.15, 0.2) is 0 Å². The van der Waals surface area contributed by atoms with E-state index >= 15 is 0 Å². The second-order valence-electron chi connectivity index (χ2n) is 6.44. The first-order valence-corrected chi connectivity index (χ1v) is 8.43. The lowest BCUT2D eigenvalue weighted by atomic mass is 9.82. The monoisotopic (exact) mass is 272 g/mol. The maximum atomic E-state index is 4.02. The average Bonchev–Trinajstić information content (AvgIpc) is 2.71. The third-order valence-corrected chi connectivity index (χ3v) is 5.20. The van der Waals surface area contributed by atoms with Gasteiger partial charge >= 0.3 is 0 Å². The molecule has 2 N–H and O–H groups in total. The molecule has 3 rings (SSSR count). The maximum Gasteiger partial charge on any atom is 0.0338 e. The Bertz CT molecular complexity index is 429. The molecule has 2 heteroatoms. The molecule has 0 saturated heterocycles. The Morgan fingerprint density at radius 1 is 1.15 bits per heavy atom. The molecule has 0 bridgehead atoms. The van der Waals surface area contributed by atoms with Gasteiger partial charge < -0.3 is 10.6 Å². The van der Waals surface area contributed by atoms with E-state index in [1.54, 1.807) is 0 Å². The molecule has 0 radical (unpaired) electrons. The molecule has 2 nitrogen and oxygen atoms in total. The third-order valence-electron chi connectivity index (χ3n) is 5.20. The summed E-state index contributed by atoms with van der Waals surface area (Å²) in [5, 5.41) is 7.57. The van der Waals surface area contributed by atoms with Crippen LogP contribution in [0.15, 0.2) is 24.3 Å². The first kappa shape index (κ1) is 14.1. The van der Waals surface area contributed by atoms with Crippen LogP contribution in [0.5, 0.6) is 0 Å². The summed E-state index contributed by atoms with van der Waals surface area (Å²) in [4.78, 5) is 0. The van der Waals surface area contributed by atoms with Crippen LogP contribution in [0.1, 0.15) is 62.6 Å². The molecule has 1 aromatic carbocycles. The van der Waals surface area contributed by atoms with E-state index in [9.17, 15) is 0 Å². The fourth-order valence-electron chi connectivity index (χ4n) is 4.01. The Kier molecular flexibility index (Phi) is 4.74. The van der Waals surface area contributed by atoms with Crippen LogP contribution in [0.25, 0.3) is 0 Å². The fraction of sp³-hybridized carbons (Fsp3) is 0.667. The van der Waals surface area contributed by atoms with Crippen molar-refractivity contribution in [1.82, 2.24) is 10.6 Å². The smallest absolute Gasteiger partial charge is 0.0338 e. The van der Waals surface area contributed by atoms with Crippen molar-refractivity contribution >= 4 is 0 Å². The Morgan fingerprint density at radius 2 is 2.00 bits per heavy atom. The molecule has 1 heterocycles. The predicted molar refractivity (Wildman–Crippen MR) is 84.7 cm³/mol. The SMILES string of the molecule is CCC1CCCCC1NC1CCNCc2ccccc21. The fourth-order valence-corrected chi connectivity index (χ4v) is 4.01. The molecule has 1 aromatic rings. The molecule has 1 fully saturated rings. The Morgan fingerprint density at radius 3 is 2.90 bits per heavy atom. The van der Waals surface area contributed by atoms with Crippen molar-refractivity contribution in [2.24, 2.45) is 5.92 Å². The third kappa shape index (κ3) is 3.07. The van der Waals surface area contributed by atoms with Crippen molar-refractivity contribution in [1.29, 1.82) is 0 Å². The highest BCUT2D eigenvalue weighted by Gasteiger charge is 2.27. The van der Waals surface area contributed by atoms with E-state index in [2.05, 4.69) is 41.8 Å². The van der Waals surface area contributed by atoms with E-state index in [-0.39, 0.29) is 0 Å². The molecular weight excluding hydrogens is 244 g/mol. The zero-order chi connectivity index (χ0) is 13.8. The van der Waals surface area contributed by atoms with Crippen LogP contribution in [-0.2, 0) is 6.54 Å². The van der Waals surface area contributed by atoms with E-state index in [1.807, 2.05) is 0 Å². The van der Waals surface area contributed by atoms with Gasteiger partial charge in [0, 0.05) is 18.6 Å². The minimum Gasteiger partial charge on any atom is -0.313 e. The number of nitrogens with one attached hydrogen (secondary N) is 2. The van der Waals surface area contributed by atoms with Gasteiger partial charge in [0.1, 0.15) is 0 Å². The van der Waals surface area contributed by atoms with Gasteiger partial charge in [0.05, 0.1) is 0 Å². The first-order valence-electron chi connectivity index (χ1n) is 8.43. The van der Waals surface area contributed by atoms with Gasteiger partial charge in [-0.2, -0.15) is 0 Å². The zero-order valence-corrected chi connectivity index (χ0v) is 12.7. The summed E-state index contributed by atoms with van der Waals surface area (Å²) in [6.45, 7) is 4.50. The minimum atomic E-state index is 0.540. The standard InChI is InChI=1S/C18H28N2/c1-2-14-7-4-6-10-17(14)20-18-11-12-19-13-15-8-3-5-9-16(15)18/h3,5,8-9,14,17-20H,2,4,6-7,10-13H2,1H3. The van der Waals surface area contributed by atoms with Gasteiger partial charge in [-0.3, -0.25) is 0 Å². The number of hydrogen-bond acceptors (Lipinski definition) is 2. The topological polar surface area (TPSA) is 24.1 Å². The van der Waals surface area contributed by atoms with Gasteiger partial charge in [0.25, 0.3) is 0 Å². The van der Waals surface area contributed by atoms with E-state index < -0.39 is 0 Å². The highest BCUT2D eigenvalue weighted by molar-refractivity contribution is 5.31. The Balaban J connectivity index is 1.76. The maximum absolute atomic E-state index is 4.02. The predicted octanol–water partition coefficient (Wildman–Crippen LogP) is 3.78. The zero-order valence-electron chi connectivity index (χ0n) is 12.7. The van der Waals surface area contributed by atoms with Crippen molar-refractivity contribution in [3.05, 3.63) is 35.4 Å². The molecule has 2 aliphatic rings. The second-order valence-corrected chi connectivity index (χ2v) is 6.44. The summed E-state index contributed by atoms with van der Waals surface area (Å²) >= 11 is 0. The van der Waals surface area contributed by atoms with E-state index in [4.69, 9.17) is 0 Å². The molecule has 1 saturated carbocycles. The van der Waals surface area contributed by atoms with Gasteiger partial charge in [-0.05, 0) is 42.9 Å². The molecule has 3 unspecified atom stereocenters. The summed E-state index contributed by atoms with van der Waals surface area (Å²) in [6.07, 6.45) is 8.15. The second kappa shape index (κ2) is 6.73.